The topological polar surface area (TPSA) is 351 Å². The van der Waals surface area contributed by atoms with Crippen LogP contribution >= 0.6 is 0 Å². The van der Waals surface area contributed by atoms with E-state index in [1.54, 1.807) is 172 Å². The molecule has 0 spiro atoms. The smallest absolute Gasteiger partial charge is 0.412 e. The quantitative estimate of drug-likeness (QED) is 0.0209. The molecule has 0 fully saturated rings. The number of anilines is 8. The van der Waals surface area contributed by atoms with Crippen molar-refractivity contribution < 1.29 is 62.2 Å². The SMILES string of the molecule is CC(C)(C)OC(=O)Nc1ccccc1NC(=O)c1ccc2c(c1)CCC2=O.CCN(C(=O)NCCc1ccccc1)C1CCc2cc(C(=O)Nc3ccccc3N)ccc21.CCN(C(=O)NCCc1ccccc1)C1CCc2cc(C(=O)Nc3ccccc3NC(=O)OC(C)(C)C)ccc21.CCNC1CCc2cc(C(=O)Nc3ccccc3NC(=O)OC(C)(C)C)ccc21. The van der Waals surface area contributed by atoms with E-state index >= 15 is 0 Å². The number of Topliss-reactive ketones (excluding diaryl/α,β-unsaturated/α-hetero) is 1. The molecule has 129 heavy (non-hydrogen) atoms. The Balaban J connectivity index is 0.000000168. The van der Waals surface area contributed by atoms with E-state index in [2.05, 4.69) is 84.4 Å². The Kier molecular flexibility index (Phi) is 32.8. The van der Waals surface area contributed by atoms with E-state index in [0.29, 0.717) is 118 Å². The van der Waals surface area contributed by atoms with E-state index in [1.807, 2.05) is 121 Å². The number of para-hydroxylation sites is 8. The highest BCUT2D eigenvalue weighted by atomic mass is 16.6. The van der Waals surface area contributed by atoms with Crippen LogP contribution in [0.5, 0.6) is 0 Å². The van der Waals surface area contributed by atoms with E-state index in [1.165, 1.54) is 22.3 Å². The normalized spacial score (nSPS) is 14.3. The molecule has 12 N–H and O–H groups in total. The third kappa shape index (κ3) is 27.4. The number of aryl methyl sites for hydroxylation is 4. The van der Waals surface area contributed by atoms with E-state index in [0.717, 1.165) is 85.7 Å². The lowest BCUT2D eigenvalue weighted by atomic mass is 10.0. The minimum absolute atomic E-state index is 0.0172. The molecular weight excluding hydrogens is 1630 g/mol. The van der Waals surface area contributed by atoms with Crippen LogP contribution in [0, 0.1) is 0 Å². The van der Waals surface area contributed by atoms with Crippen LogP contribution in [0.25, 0.3) is 0 Å². The largest absolute Gasteiger partial charge is 0.444 e. The number of nitrogen functional groups attached to an aromatic ring is 1. The number of benzene rings is 10. The first kappa shape index (κ1) is 95.5. The average Bonchev–Trinajstić information content (AvgIpc) is 1.68. The molecule has 10 aromatic carbocycles. The Hall–Kier alpha value is -14.1. The molecule has 3 unspecified atom stereocenters. The second-order valence-electron chi connectivity index (χ2n) is 34.7. The first-order valence-electron chi connectivity index (χ1n) is 44.0. The summed E-state index contributed by atoms with van der Waals surface area (Å²) in [6, 6.07) is 70.9. The average molecular weight is 1750 g/mol. The number of carbonyl (C=O) groups is 10. The van der Waals surface area contributed by atoms with E-state index in [9.17, 15) is 47.9 Å². The number of nitrogens with zero attached hydrogens (tertiary/aromatic N) is 2. The van der Waals surface area contributed by atoms with Gasteiger partial charge in [0.15, 0.2) is 5.78 Å². The molecule has 4 aliphatic carbocycles. The first-order chi connectivity index (χ1) is 61.7. The number of nitrogens with two attached hydrogens (primary N) is 1. The Morgan fingerprint density at radius 3 is 1.04 bits per heavy atom. The molecule has 3 atom stereocenters. The van der Waals surface area contributed by atoms with Gasteiger partial charge in [-0.15, -0.1) is 0 Å². The van der Waals surface area contributed by atoms with E-state index < -0.39 is 35.1 Å². The van der Waals surface area contributed by atoms with Gasteiger partial charge in [0.2, 0.25) is 0 Å². The fourth-order valence-electron chi connectivity index (χ4n) is 15.8. The fraction of sp³-hybridized carbons (Fsp3) is 0.320. The lowest BCUT2D eigenvalue weighted by Gasteiger charge is -2.29. The molecule has 674 valence electrons. The molecule has 11 amide bonds. The number of hydrogen-bond donors (Lipinski definition) is 11. The van der Waals surface area contributed by atoms with Crippen LogP contribution < -0.4 is 58.9 Å². The van der Waals surface area contributed by atoms with Crippen molar-refractivity contribution in [3.8, 4) is 0 Å². The highest BCUT2D eigenvalue weighted by Crippen LogP contribution is 2.40. The van der Waals surface area contributed by atoms with Crippen LogP contribution in [0.1, 0.15) is 229 Å². The highest BCUT2D eigenvalue weighted by molar-refractivity contribution is 6.10. The molecule has 0 heterocycles. The molecule has 0 aliphatic heterocycles. The number of fused-ring (bicyclic) bond motifs is 4. The van der Waals surface area contributed by atoms with E-state index in [4.69, 9.17) is 19.9 Å². The van der Waals surface area contributed by atoms with Gasteiger partial charge in [-0.05, 0) is 288 Å². The highest BCUT2D eigenvalue weighted by Gasteiger charge is 2.34. The van der Waals surface area contributed by atoms with Crippen LogP contribution in [-0.2, 0) is 52.7 Å². The number of amides is 11. The zero-order chi connectivity index (χ0) is 92.5. The zero-order valence-electron chi connectivity index (χ0n) is 75.6. The van der Waals surface area contributed by atoms with Gasteiger partial charge in [-0.3, -0.25) is 39.9 Å². The van der Waals surface area contributed by atoms with Crippen LogP contribution in [0.3, 0.4) is 0 Å². The van der Waals surface area contributed by atoms with Crippen molar-refractivity contribution in [2.24, 2.45) is 0 Å². The summed E-state index contributed by atoms with van der Waals surface area (Å²) in [5.74, 6) is -0.876. The molecule has 0 saturated heterocycles. The molecule has 4 aliphatic rings. The van der Waals surface area contributed by atoms with Gasteiger partial charge in [0.05, 0.1) is 57.6 Å². The van der Waals surface area contributed by atoms with Gasteiger partial charge in [0.1, 0.15) is 16.8 Å². The fourth-order valence-corrected chi connectivity index (χ4v) is 15.8. The lowest BCUT2D eigenvalue weighted by Crippen LogP contribution is -2.42. The van der Waals surface area contributed by atoms with Gasteiger partial charge >= 0.3 is 30.3 Å². The molecule has 26 nitrogen and oxygen atoms in total. The summed E-state index contributed by atoms with van der Waals surface area (Å²) in [7, 11) is 0. The maximum Gasteiger partial charge on any atom is 0.412 e. The number of nitrogens with one attached hydrogen (secondary N) is 10. The summed E-state index contributed by atoms with van der Waals surface area (Å²) in [6.07, 6.45) is 6.27. The Labute approximate surface area is 755 Å². The molecule has 0 aromatic heterocycles. The predicted octanol–water partition coefficient (Wildman–Crippen LogP) is 20.6. The Morgan fingerprint density at radius 2 is 0.674 bits per heavy atom. The number of rotatable bonds is 23. The van der Waals surface area contributed by atoms with Crippen molar-refractivity contribution in [1.82, 2.24) is 25.8 Å². The second kappa shape index (κ2) is 44.3. The summed E-state index contributed by atoms with van der Waals surface area (Å²) in [5.41, 5.74) is 21.1. The number of ketones is 1. The third-order valence-electron chi connectivity index (χ3n) is 21.8. The van der Waals surface area contributed by atoms with Gasteiger partial charge in [0.25, 0.3) is 23.6 Å². The summed E-state index contributed by atoms with van der Waals surface area (Å²) in [6.45, 7) is 25.5. The van der Waals surface area contributed by atoms with Crippen molar-refractivity contribution in [2.75, 3.05) is 75.7 Å². The molecule has 0 bridgehead atoms. The summed E-state index contributed by atoms with van der Waals surface area (Å²) in [4.78, 5) is 129. The van der Waals surface area contributed by atoms with Crippen molar-refractivity contribution in [1.29, 1.82) is 0 Å². The van der Waals surface area contributed by atoms with Gasteiger partial charge in [0, 0.05) is 66.5 Å². The standard InChI is InChI=1S/C32H38N4O4.C27H30N4O2.C23H29N3O3.C21H22N2O4/c1-5-36(30(38)33-20-19-22-11-7-6-8-12-22)28-18-16-23-21-24(15-17-25(23)28)29(37)34-26-13-9-10-14-27(26)35-31(39)40-32(2,3)4;1-2-31(27(33)29-17-16-19-8-4-3-5-9-19)25-15-13-20-18-21(12-14-22(20)25)26(32)30-24-11-7-6-10-23(24)28;1-5-24-18-13-11-15-14-16(10-12-17(15)18)21(27)25-19-8-6-7-9-20(19)26-22(28)29-23(2,3)4;1-21(2,3)27-20(26)23-17-7-5-4-6-16(17)22-19(25)14-8-10-15-13(12-14)9-11-18(15)24/h6-15,17,21,28H,5,16,18-20H2,1-4H3,(H,33,38)(H,34,37)(H,35,39);3-12,14,18,25H,2,13,15-17,28H2,1H3,(H,29,33)(H,30,32);6-10,12,14,18,24H,5,11,13H2,1-4H3,(H,25,27)(H,26,28);4-8,10,12H,9,11H2,1-3H3,(H,22,25)(H,23,26). The van der Waals surface area contributed by atoms with Gasteiger partial charge < -0.3 is 67.0 Å². The Morgan fingerprint density at radius 1 is 0.357 bits per heavy atom. The maximum absolute atomic E-state index is 13.2. The van der Waals surface area contributed by atoms with Gasteiger partial charge in [-0.25, -0.2) is 24.0 Å². The van der Waals surface area contributed by atoms with Crippen molar-refractivity contribution in [3.63, 3.8) is 0 Å². The van der Waals surface area contributed by atoms with Crippen molar-refractivity contribution >= 4 is 105 Å². The molecule has 0 radical (unpaired) electrons. The number of ether oxygens (including phenoxy) is 3. The molecule has 26 heteroatoms. The first-order valence-corrected chi connectivity index (χ1v) is 44.0. The third-order valence-corrected chi connectivity index (χ3v) is 21.8. The minimum atomic E-state index is -0.638. The summed E-state index contributed by atoms with van der Waals surface area (Å²) < 4.78 is 15.9. The van der Waals surface area contributed by atoms with Crippen molar-refractivity contribution in [2.45, 2.75) is 182 Å². The monoisotopic (exact) mass is 1750 g/mol. The zero-order valence-corrected chi connectivity index (χ0v) is 75.6. The van der Waals surface area contributed by atoms with Crippen molar-refractivity contribution in [3.05, 3.63) is 308 Å². The van der Waals surface area contributed by atoms with E-state index in [-0.39, 0.29) is 53.6 Å². The molecule has 0 saturated carbocycles. The number of hydrogen-bond acceptors (Lipinski definition) is 15. The van der Waals surface area contributed by atoms with Crippen LogP contribution in [0.4, 0.5) is 69.5 Å². The Bertz CT molecular complexity index is 5660. The summed E-state index contributed by atoms with van der Waals surface area (Å²) in [5, 5.41) is 29.1. The summed E-state index contributed by atoms with van der Waals surface area (Å²) >= 11 is 0. The molecular formula is C103H119N13O13. The van der Waals surface area contributed by atoms with Gasteiger partial charge in [-0.2, -0.15) is 0 Å². The minimum Gasteiger partial charge on any atom is -0.444 e. The number of carbonyl (C=O) groups excluding carboxylic acids is 10. The second-order valence-corrected chi connectivity index (χ2v) is 34.7. The molecule has 10 aromatic rings. The van der Waals surface area contributed by atoms with Gasteiger partial charge in [-0.1, -0.05) is 140 Å². The lowest BCUT2D eigenvalue weighted by molar-refractivity contribution is 0.0624. The predicted molar refractivity (Wildman–Crippen MR) is 509 cm³/mol. The van der Waals surface area contributed by atoms with Crippen LogP contribution in [-0.4, -0.2) is 119 Å². The maximum atomic E-state index is 13.2. The van der Waals surface area contributed by atoms with Crippen LogP contribution in [0.2, 0.25) is 0 Å². The number of urea groups is 2. The van der Waals surface area contributed by atoms with Crippen LogP contribution in [0.15, 0.2) is 231 Å². The molecule has 14 rings (SSSR count).